The lowest BCUT2D eigenvalue weighted by Gasteiger charge is -2.19. The molecule has 0 heterocycles. The molecule has 0 radical (unpaired) electrons. The molecule has 0 aliphatic carbocycles. The van der Waals surface area contributed by atoms with Gasteiger partial charge in [0.1, 0.15) is 0 Å². The van der Waals surface area contributed by atoms with Crippen LogP contribution in [0.15, 0.2) is 18.2 Å². The molecule has 0 saturated heterocycles. The highest BCUT2D eigenvalue weighted by atomic mass is 16.4. The first kappa shape index (κ1) is 13.0. The number of carboxylic acid groups (broad SMARTS) is 1. The average Bonchev–Trinajstić information content (AvgIpc) is 2.28. The Kier molecular flexibility index (Phi) is 4.09. The van der Waals surface area contributed by atoms with Gasteiger partial charge in [0.15, 0.2) is 0 Å². The topological polar surface area (TPSA) is 83.6 Å². The van der Waals surface area contributed by atoms with Crippen molar-refractivity contribution in [3.8, 4) is 0 Å². The van der Waals surface area contributed by atoms with E-state index in [4.69, 9.17) is 10.8 Å². The number of nitrogens with two attached hydrogens (primary N) is 1. The Morgan fingerprint density at radius 2 is 2.06 bits per heavy atom. The monoisotopic (exact) mass is 236 g/mol. The molecular formula is C12H16N2O3. The molecular weight excluding hydrogens is 220 g/mol. The molecule has 1 amide bonds. The fraction of sp³-hybridized carbons (Fsp3) is 0.333. The zero-order chi connectivity index (χ0) is 13.0. The van der Waals surface area contributed by atoms with E-state index in [0.717, 1.165) is 6.42 Å². The Morgan fingerprint density at radius 3 is 2.53 bits per heavy atom. The van der Waals surface area contributed by atoms with Crippen LogP contribution in [0.2, 0.25) is 0 Å². The van der Waals surface area contributed by atoms with Crippen LogP contribution in [0.3, 0.4) is 0 Å². The summed E-state index contributed by atoms with van der Waals surface area (Å²) in [6, 6.07) is 4.34. The summed E-state index contributed by atoms with van der Waals surface area (Å²) in [5, 5.41) is 8.80. The molecule has 0 saturated carbocycles. The minimum atomic E-state index is -1.04. The maximum absolute atomic E-state index is 11.7. The number of hydrogen-bond acceptors (Lipinski definition) is 3. The fourth-order valence-corrected chi connectivity index (χ4v) is 1.51. The SMILES string of the molecule is CCCC(=O)N(C)c1ccc(C(=O)O)cc1N. The smallest absolute Gasteiger partial charge is 0.335 e. The highest BCUT2D eigenvalue weighted by Gasteiger charge is 2.14. The van der Waals surface area contributed by atoms with Gasteiger partial charge in [-0.2, -0.15) is 0 Å². The minimum Gasteiger partial charge on any atom is -0.478 e. The normalized spacial score (nSPS) is 10.0. The fourth-order valence-electron chi connectivity index (χ4n) is 1.51. The molecule has 0 aromatic heterocycles. The zero-order valence-electron chi connectivity index (χ0n) is 9.93. The third-order valence-corrected chi connectivity index (χ3v) is 2.47. The number of nitrogen functional groups attached to an aromatic ring is 1. The van der Waals surface area contributed by atoms with Crippen LogP contribution >= 0.6 is 0 Å². The van der Waals surface area contributed by atoms with E-state index in [0.29, 0.717) is 12.1 Å². The standard InChI is InChI=1S/C12H16N2O3/c1-3-4-11(15)14(2)10-6-5-8(12(16)17)7-9(10)13/h5-7H,3-4,13H2,1-2H3,(H,16,17). The van der Waals surface area contributed by atoms with E-state index in [1.807, 2.05) is 6.92 Å². The zero-order valence-corrected chi connectivity index (χ0v) is 9.93. The van der Waals surface area contributed by atoms with E-state index in [9.17, 15) is 9.59 Å². The molecule has 0 spiro atoms. The average molecular weight is 236 g/mol. The number of carbonyl (C=O) groups excluding carboxylic acids is 1. The van der Waals surface area contributed by atoms with Gasteiger partial charge < -0.3 is 15.7 Å². The van der Waals surface area contributed by atoms with Gasteiger partial charge in [0, 0.05) is 13.5 Å². The number of carboxylic acids is 1. The van der Waals surface area contributed by atoms with Crippen LogP contribution in [0.25, 0.3) is 0 Å². The molecule has 5 heteroatoms. The van der Waals surface area contributed by atoms with Crippen LogP contribution in [-0.2, 0) is 4.79 Å². The molecule has 5 nitrogen and oxygen atoms in total. The van der Waals surface area contributed by atoms with Crippen LogP contribution in [-0.4, -0.2) is 24.0 Å². The summed E-state index contributed by atoms with van der Waals surface area (Å²) in [4.78, 5) is 23.9. The van der Waals surface area contributed by atoms with Gasteiger partial charge in [0.05, 0.1) is 16.9 Å². The number of benzene rings is 1. The van der Waals surface area contributed by atoms with Crippen LogP contribution in [0.1, 0.15) is 30.1 Å². The van der Waals surface area contributed by atoms with Crippen molar-refractivity contribution in [2.45, 2.75) is 19.8 Å². The molecule has 0 aliphatic heterocycles. The third kappa shape index (κ3) is 2.96. The van der Waals surface area contributed by atoms with Crippen LogP contribution in [0.4, 0.5) is 11.4 Å². The maximum Gasteiger partial charge on any atom is 0.335 e. The number of carbonyl (C=O) groups is 2. The van der Waals surface area contributed by atoms with Gasteiger partial charge in [-0.05, 0) is 24.6 Å². The van der Waals surface area contributed by atoms with Crippen molar-refractivity contribution in [3.05, 3.63) is 23.8 Å². The Balaban J connectivity index is 2.99. The lowest BCUT2D eigenvalue weighted by Crippen LogP contribution is -2.26. The van der Waals surface area contributed by atoms with Gasteiger partial charge in [0.2, 0.25) is 5.91 Å². The van der Waals surface area contributed by atoms with Crippen LogP contribution < -0.4 is 10.6 Å². The Bertz CT molecular complexity index is 443. The second-order valence-electron chi connectivity index (χ2n) is 3.78. The molecule has 1 rings (SSSR count). The summed E-state index contributed by atoms with van der Waals surface area (Å²) in [6.07, 6.45) is 1.20. The van der Waals surface area contributed by atoms with E-state index in [1.165, 1.54) is 17.0 Å². The summed E-state index contributed by atoms with van der Waals surface area (Å²) in [7, 11) is 1.63. The number of anilines is 2. The molecule has 3 N–H and O–H groups in total. The number of aromatic carboxylic acids is 1. The predicted octanol–water partition coefficient (Wildman–Crippen LogP) is 1.73. The molecule has 0 atom stereocenters. The Labute approximate surface area is 99.8 Å². The van der Waals surface area contributed by atoms with E-state index in [1.54, 1.807) is 13.1 Å². The second-order valence-corrected chi connectivity index (χ2v) is 3.78. The Hall–Kier alpha value is -2.04. The summed E-state index contributed by atoms with van der Waals surface area (Å²) < 4.78 is 0. The molecule has 17 heavy (non-hydrogen) atoms. The van der Waals surface area contributed by atoms with Crippen molar-refractivity contribution in [3.63, 3.8) is 0 Å². The van der Waals surface area contributed by atoms with E-state index >= 15 is 0 Å². The summed E-state index contributed by atoms with van der Waals surface area (Å²) in [5.41, 5.74) is 6.67. The lowest BCUT2D eigenvalue weighted by molar-refractivity contribution is -0.118. The maximum atomic E-state index is 11.7. The van der Waals surface area contributed by atoms with Crippen molar-refractivity contribution < 1.29 is 14.7 Å². The summed E-state index contributed by atoms with van der Waals surface area (Å²) in [5.74, 6) is -1.08. The van der Waals surface area contributed by atoms with Crippen molar-refractivity contribution >= 4 is 23.3 Å². The highest BCUT2D eigenvalue weighted by molar-refractivity contribution is 5.97. The van der Waals surface area contributed by atoms with Crippen molar-refractivity contribution in [1.82, 2.24) is 0 Å². The highest BCUT2D eigenvalue weighted by Crippen LogP contribution is 2.24. The third-order valence-electron chi connectivity index (χ3n) is 2.47. The predicted molar refractivity (Wildman–Crippen MR) is 66.1 cm³/mol. The Morgan fingerprint density at radius 1 is 1.41 bits per heavy atom. The number of hydrogen-bond donors (Lipinski definition) is 2. The van der Waals surface area contributed by atoms with E-state index < -0.39 is 5.97 Å². The van der Waals surface area contributed by atoms with Gasteiger partial charge in [-0.15, -0.1) is 0 Å². The molecule has 0 unspecified atom stereocenters. The molecule has 1 aromatic carbocycles. The van der Waals surface area contributed by atoms with Gasteiger partial charge in [-0.3, -0.25) is 4.79 Å². The summed E-state index contributed by atoms with van der Waals surface area (Å²) >= 11 is 0. The molecule has 0 aliphatic rings. The molecule has 0 bridgehead atoms. The molecule has 0 fully saturated rings. The van der Waals surface area contributed by atoms with Gasteiger partial charge in [0.25, 0.3) is 0 Å². The van der Waals surface area contributed by atoms with Crippen LogP contribution in [0.5, 0.6) is 0 Å². The van der Waals surface area contributed by atoms with Gasteiger partial charge >= 0.3 is 5.97 Å². The number of nitrogens with zero attached hydrogens (tertiary/aromatic N) is 1. The molecule has 92 valence electrons. The first-order valence-electron chi connectivity index (χ1n) is 5.36. The van der Waals surface area contributed by atoms with Crippen molar-refractivity contribution in [2.75, 3.05) is 17.7 Å². The van der Waals surface area contributed by atoms with Gasteiger partial charge in [-0.25, -0.2) is 4.79 Å². The van der Waals surface area contributed by atoms with Crippen LogP contribution in [0, 0.1) is 0 Å². The minimum absolute atomic E-state index is 0.0396. The quantitative estimate of drug-likeness (QED) is 0.780. The van der Waals surface area contributed by atoms with Crippen molar-refractivity contribution in [1.29, 1.82) is 0 Å². The van der Waals surface area contributed by atoms with Crippen molar-refractivity contribution in [2.24, 2.45) is 0 Å². The lowest BCUT2D eigenvalue weighted by atomic mass is 10.1. The second kappa shape index (κ2) is 5.34. The largest absolute Gasteiger partial charge is 0.478 e. The number of rotatable bonds is 4. The number of amides is 1. The summed E-state index contributed by atoms with van der Waals surface area (Å²) in [6.45, 7) is 1.92. The first-order chi connectivity index (χ1) is 7.97. The first-order valence-corrected chi connectivity index (χ1v) is 5.36. The van der Waals surface area contributed by atoms with E-state index in [2.05, 4.69) is 0 Å². The molecule has 1 aromatic rings. The van der Waals surface area contributed by atoms with E-state index in [-0.39, 0.29) is 17.2 Å². The van der Waals surface area contributed by atoms with Gasteiger partial charge in [-0.1, -0.05) is 6.92 Å².